The van der Waals surface area contributed by atoms with Crippen LogP contribution in [0.3, 0.4) is 0 Å². The summed E-state index contributed by atoms with van der Waals surface area (Å²) in [4.78, 5) is 15.0. The van der Waals surface area contributed by atoms with E-state index >= 15 is 0 Å². The van der Waals surface area contributed by atoms with Crippen LogP contribution < -0.4 is 10.6 Å². The number of morpholine rings is 1. The van der Waals surface area contributed by atoms with Crippen molar-refractivity contribution in [1.82, 2.24) is 15.5 Å². The van der Waals surface area contributed by atoms with Crippen molar-refractivity contribution >= 4 is 5.91 Å². The minimum atomic E-state index is 0.0770. The average Bonchev–Trinajstić information content (AvgIpc) is 2.67. The Morgan fingerprint density at radius 2 is 2.08 bits per heavy atom. The molecule has 0 aliphatic carbocycles. The van der Waals surface area contributed by atoms with Crippen LogP contribution in [-0.4, -0.2) is 55.7 Å². The summed E-state index contributed by atoms with van der Waals surface area (Å²) in [5.41, 5.74) is 1.33. The molecule has 0 unspecified atom stereocenters. The van der Waals surface area contributed by atoms with Crippen molar-refractivity contribution in [3.8, 4) is 0 Å². The van der Waals surface area contributed by atoms with Gasteiger partial charge < -0.3 is 15.4 Å². The number of amides is 1. The smallest absolute Gasteiger partial charge is 0.223 e. The third-order valence-corrected chi connectivity index (χ3v) is 5.35. The lowest BCUT2D eigenvalue weighted by Gasteiger charge is -2.37. The van der Waals surface area contributed by atoms with Gasteiger partial charge in [-0.15, -0.1) is 0 Å². The lowest BCUT2D eigenvalue weighted by molar-refractivity contribution is -0.129. The predicted octanol–water partition coefficient (Wildman–Crippen LogP) is 1.78. The molecule has 1 aromatic rings. The van der Waals surface area contributed by atoms with E-state index < -0.39 is 0 Å². The molecule has 0 aromatic heterocycles. The van der Waals surface area contributed by atoms with Crippen molar-refractivity contribution in [2.45, 2.75) is 44.9 Å². The monoisotopic (exact) mass is 345 g/mol. The van der Waals surface area contributed by atoms with Crippen molar-refractivity contribution in [1.29, 1.82) is 0 Å². The van der Waals surface area contributed by atoms with E-state index in [1.54, 1.807) is 0 Å². The molecule has 2 atom stereocenters. The Hall–Kier alpha value is -1.43. The van der Waals surface area contributed by atoms with Crippen molar-refractivity contribution in [2.75, 3.05) is 32.8 Å². The number of piperidine rings is 1. The molecule has 138 valence electrons. The third kappa shape index (κ3) is 5.27. The van der Waals surface area contributed by atoms with Crippen LogP contribution >= 0.6 is 0 Å². The van der Waals surface area contributed by atoms with Gasteiger partial charge in [0, 0.05) is 25.6 Å². The summed E-state index contributed by atoms with van der Waals surface area (Å²) in [6.45, 7) is 7.52. The highest BCUT2D eigenvalue weighted by Crippen LogP contribution is 2.17. The lowest BCUT2D eigenvalue weighted by Crippen LogP contribution is -2.54. The van der Waals surface area contributed by atoms with Crippen molar-refractivity contribution in [2.24, 2.45) is 5.92 Å². The van der Waals surface area contributed by atoms with Gasteiger partial charge in [-0.05, 0) is 37.9 Å². The minimum absolute atomic E-state index is 0.0770. The summed E-state index contributed by atoms with van der Waals surface area (Å²) in [6, 6.07) is 10.7. The molecule has 5 nitrogen and oxygen atoms in total. The Labute approximate surface area is 151 Å². The average molecular weight is 345 g/mol. The van der Waals surface area contributed by atoms with Gasteiger partial charge in [0.25, 0.3) is 0 Å². The van der Waals surface area contributed by atoms with Crippen LogP contribution in [0.1, 0.15) is 31.7 Å². The zero-order chi connectivity index (χ0) is 17.5. The highest BCUT2D eigenvalue weighted by atomic mass is 16.5. The number of hydrogen-bond acceptors (Lipinski definition) is 4. The van der Waals surface area contributed by atoms with E-state index in [1.807, 2.05) is 0 Å². The first-order chi connectivity index (χ1) is 12.3. The van der Waals surface area contributed by atoms with Crippen LogP contribution in [-0.2, 0) is 16.1 Å². The second-order valence-corrected chi connectivity index (χ2v) is 7.18. The van der Waals surface area contributed by atoms with E-state index in [1.165, 1.54) is 5.56 Å². The zero-order valence-corrected chi connectivity index (χ0v) is 15.2. The molecule has 0 spiro atoms. The van der Waals surface area contributed by atoms with E-state index in [9.17, 15) is 4.79 Å². The Morgan fingerprint density at radius 3 is 2.80 bits per heavy atom. The first-order valence-electron chi connectivity index (χ1n) is 9.65. The fourth-order valence-electron chi connectivity index (χ4n) is 3.80. The number of carbonyl (C=O) groups excluding carboxylic acids is 1. The van der Waals surface area contributed by atoms with E-state index in [0.717, 1.165) is 58.6 Å². The second-order valence-electron chi connectivity index (χ2n) is 7.18. The fraction of sp³-hybridized carbons (Fsp3) is 0.650. The Morgan fingerprint density at radius 1 is 1.32 bits per heavy atom. The third-order valence-electron chi connectivity index (χ3n) is 5.35. The fourth-order valence-corrected chi connectivity index (χ4v) is 3.80. The van der Waals surface area contributed by atoms with E-state index in [-0.39, 0.29) is 24.0 Å². The number of hydrogen-bond donors (Lipinski definition) is 2. The second kappa shape index (κ2) is 9.32. The first kappa shape index (κ1) is 18.4. The molecule has 25 heavy (non-hydrogen) atoms. The zero-order valence-electron chi connectivity index (χ0n) is 15.2. The van der Waals surface area contributed by atoms with Crippen LogP contribution in [0.25, 0.3) is 0 Å². The number of carbonyl (C=O) groups is 1. The summed E-state index contributed by atoms with van der Waals surface area (Å²) in [7, 11) is 0. The largest absolute Gasteiger partial charge is 0.373 e. The molecule has 2 saturated heterocycles. The summed E-state index contributed by atoms with van der Waals surface area (Å²) < 4.78 is 6.02. The van der Waals surface area contributed by atoms with Gasteiger partial charge in [-0.3, -0.25) is 9.69 Å². The molecule has 2 aliphatic rings. The van der Waals surface area contributed by atoms with Crippen LogP contribution in [0.5, 0.6) is 0 Å². The van der Waals surface area contributed by atoms with Crippen molar-refractivity contribution in [3.63, 3.8) is 0 Å². The van der Waals surface area contributed by atoms with Crippen molar-refractivity contribution in [3.05, 3.63) is 35.9 Å². The highest BCUT2D eigenvalue weighted by molar-refractivity contribution is 5.79. The standard InChI is InChI=1S/C20H31N3O2/c1-2-18(22-20(24)17-8-10-21-11-9-17)19-15-23(12-13-25-19)14-16-6-4-3-5-7-16/h3-7,17-19,21H,2,8-15H2,1H3,(H,22,24)/t18-,19+/m1/s1. The van der Waals surface area contributed by atoms with Gasteiger partial charge in [0.05, 0.1) is 18.8 Å². The topological polar surface area (TPSA) is 53.6 Å². The molecule has 3 rings (SSSR count). The summed E-state index contributed by atoms with van der Waals surface area (Å²) >= 11 is 0. The van der Waals surface area contributed by atoms with Gasteiger partial charge in [0.1, 0.15) is 0 Å². The number of nitrogens with one attached hydrogen (secondary N) is 2. The van der Waals surface area contributed by atoms with Crippen LogP contribution in [0.15, 0.2) is 30.3 Å². The first-order valence-corrected chi connectivity index (χ1v) is 9.65. The number of benzene rings is 1. The maximum absolute atomic E-state index is 12.6. The van der Waals surface area contributed by atoms with Crippen LogP contribution in [0, 0.1) is 5.92 Å². The molecular formula is C20H31N3O2. The Balaban J connectivity index is 1.53. The maximum atomic E-state index is 12.6. The van der Waals surface area contributed by atoms with Gasteiger partial charge in [-0.1, -0.05) is 37.3 Å². The molecule has 1 amide bonds. The summed E-state index contributed by atoms with van der Waals surface area (Å²) in [6.07, 6.45) is 2.86. The molecule has 2 aliphatic heterocycles. The highest BCUT2D eigenvalue weighted by Gasteiger charge is 2.30. The SMILES string of the molecule is CC[C@@H](NC(=O)C1CCNCC1)[C@@H]1CN(Cc2ccccc2)CCO1. The Bertz CT molecular complexity index is 531. The lowest BCUT2D eigenvalue weighted by atomic mass is 9.96. The molecule has 1 aromatic carbocycles. The molecule has 5 heteroatoms. The molecule has 2 N–H and O–H groups in total. The number of ether oxygens (including phenoxy) is 1. The molecule has 0 bridgehead atoms. The van der Waals surface area contributed by atoms with Crippen molar-refractivity contribution < 1.29 is 9.53 Å². The summed E-state index contributed by atoms with van der Waals surface area (Å²) in [5, 5.41) is 6.59. The van der Waals surface area contributed by atoms with Gasteiger partial charge in [-0.25, -0.2) is 0 Å². The molecular weight excluding hydrogens is 314 g/mol. The van der Waals surface area contributed by atoms with Gasteiger partial charge in [0.15, 0.2) is 0 Å². The normalized spacial score (nSPS) is 24.0. The van der Waals surface area contributed by atoms with E-state index in [4.69, 9.17) is 4.74 Å². The number of rotatable bonds is 6. The minimum Gasteiger partial charge on any atom is -0.373 e. The van der Waals surface area contributed by atoms with Gasteiger partial charge in [0.2, 0.25) is 5.91 Å². The molecule has 0 radical (unpaired) electrons. The Kier molecular flexibility index (Phi) is 6.84. The summed E-state index contributed by atoms with van der Waals surface area (Å²) in [5.74, 6) is 0.358. The molecule has 0 saturated carbocycles. The van der Waals surface area contributed by atoms with Gasteiger partial charge in [-0.2, -0.15) is 0 Å². The van der Waals surface area contributed by atoms with Crippen LogP contribution in [0.4, 0.5) is 0 Å². The quantitative estimate of drug-likeness (QED) is 0.825. The number of nitrogens with zero attached hydrogens (tertiary/aromatic N) is 1. The van der Waals surface area contributed by atoms with Crippen LogP contribution in [0.2, 0.25) is 0 Å². The maximum Gasteiger partial charge on any atom is 0.223 e. The predicted molar refractivity (Wildman–Crippen MR) is 99.3 cm³/mol. The molecule has 2 fully saturated rings. The van der Waals surface area contributed by atoms with E-state index in [0.29, 0.717) is 0 Å². The van der Waals surface area contributed by atoms with Gasteiger partial charge >= 0.3 is 0 Å². The van der Waals surface area contributed by atoms with E-state index in [2.05, 4.69) is 52.8 Å². The molecule has 2 heterocycles.